The number of nitrogens with zero attached hydrogens (tertiary/aromatic N) is 1. The van der Waals surface area contributed by atoms with E-state index in [-0.39, 0.29) is 0 Å². The molecule has 15 heavy (non-hydrogen) atoms. The summed E-state index contributed by atoms with van der Waals surface area (Å²) in [5.74, 6) is 0.514. The third-order valence-electron chi connectivity index (χ3n) is 2.71. The van der Waals surface area contributed by atoms with Gasteiger partial charge in [-0.3, -0.25) is 0 Å². The highest BCUT2D eigenvalue weighted by molar-refractivity contribution is 7.09. The Morgan fingerprint density at radius 3 is 2.93 bits per heavy atom. The van der Waals surface area contributed by atoms with Crippen LogP contribution in [0.2, 0.25) is 0 Å². The Morgan fingerprint density at radius 2 is 2.27 bits per heavy atom. The van der Waals surface area contributed by atoms with E-state index in [4.69, 9.17) is 16.3 Å². The van der Waals surface area contributed by atoms with Crippen LogP contribution < -0.4 is 0 Å². The number of thiazole rings is 1. The van der Waals surface area contributed by atoms with Gasteiger partial charge in [-0.25, -0.2) is 4.98 Å². The summed E-state index contributed by atoms with van der Waals surface area (Å²) in [5.41, 5.74) is 0.984. The molecule has 0 unspecified atom stereocenters. The summed E-state index contributed by atoms with van der Waals surface area (Å²) in [4.78, 5) is 4.40. The zero-order valence-electron chi connectivity index (χ0n) is 8.75. The SMILES string of the molecule is ClCc1csc(CCOC2CCCC2)n1. The van der Waals surface area contributed by atoms with E-state index in [0.717, 1.165) is 23.7 Å². The molecule has 0 aliphatic heterocycles. The maximum Gasteiger partial charge on any atom is 0.0951 e. The summed E-state index contributed by atoms with van der Waals surface area (Å²) in [6.45, 7) is 0.805. The molecule has 0 amide bonds. The average molecular weight is 246 g/mol. The number of alkyl halides is 1. The molecule has 1 aromatic rings. The average Bonchev–Trinajstić information content (AvgIpc) is 2.88. The van der Waals surface area contributed by atoms with Gasteiger partial charge in [-0.2, -0.15) is 0 Å². The van der Waals surface area contributed by atoms with Gasteiger partial charge in [-0.05, 0) is 12.8 Å². The Balaban J connectivity index is 1.68. The molecule has 0 bridgehead atoms. The predicted molar refractivity (Wildman–Crippen MR) is 63.6 cm³/mol. The molecule has 0 saturated heterocycles. The van der Waals surface area contributed by atoms with E-state index in [1.807, 2.05) is 5.38 Å². The smallest absolute Gasteiger partial charge is 0.0951 e. The van der Waals surface area contributed by atoms with Gasteiger partial charge in [0.05, 0.1) is 29.3 Å². The molecule has 1 aromatic heterocycles. The first-order chi connectivity index (χ1) is 7.38. The molecule has 0 aromatic carbocycles. The van der Waals surface area contributed by atoms with Crippen LogP contribution in [0.25, 0.3) is 0 Å². The van der Waals surface area contributed by atoms with Gasteiger partial charge < -0.3 is 4.74 Å². The molecule has 1 heterocycles. The van der Waals surface area contributed by atoms with Crippen molar-refractivity contribution in [2.24, 2.45) is 0 Å². The minimum atomic E-state index is 0.512. The van der Waals surface area contributed by atoms with Crippen molar-refractivity contribution in [2.75, 3.05) is 6.61 Å². The lowest BCUT2D eigenvalue weighted by Gasteiger charge is -2.09. The van der Waals surface area contributed by atoms with E-state index < -0.39 is 0 Å². The van der Waals surface area contributed by atoms with Crippen LogP contribution >= 0.6 is 22.9 Å². The standard InChI is InChI=1S/C11H16ClNOS/c12-7-9-8-15-11(13-9)5-6-14-10-3-1-2-4-10/h8,10H,1-7H2. The van der Waals surface area contributed by atoms with E-state index in [0.29, 0.717) is 12.0 Å². The van der Waals surface area contributed by atoms with Crippen LogP contribution in [0.5, 0.6) is 0 Å². The lowest BCUT2D eigenvalue weighted by atomic mass is 10.3. The fourth-order valence-corrected chi connectivity index (χ4v) is 2.90. The number of aromatic nitrogens is 1. The van der Waals surface area contributed by atoms with Crippen LogP contribution in [-0.4, -0.2) is 17.7 Å². The van der Waals surface area contributed by atoms with E-state index >= 15 is 0 Å². The second-order valence-corrected chi connectivity index (χ2v) is 5.10. The van der Waals surface area contributed by atoms with Gasteiger partial charge >= 0.3 is 0 Å². The van der Waals surface area contributed by atoms with E-state index in [1.54, 1.807) is 11.3 Å². The summed E-state index contributed by atoms with van der Waals surface area (Å²) in [6, 6.07) is 0. The molecule has 0 radical (unpaired) electrons. The van der Waals surface area contributed by atoms with Crippen molar-refractivity contribution in [1.82, 2.24) is 4.98 Å². The Labute approximate surface area is 99.6 Å². The fourth-order valence-electron chi connectivity index (χ4n) is 1.89. The molecule has 4 heteroatoms. The summed E-state index contributed by atoms with van der Waals surface area (Å²) in [5, 5.41) is 3.17. The summed E-state index contributed by atoms with van der Waals surface area (Å²) in [7, 11) is 0. The quantitative estimate of drug-likeness (QED) is 0.742. The molecule has 0 N–H and O–H groups in total. The normalized spacial score (nSPS) is 17.4. The van der Waals surface area contributed by atoms with Crippen molar-refractivity contribution in [1.29, 1.82) is 0 Å². The minimum Gasteiger partial charge on any atom is -0.378 e. The number of hydrogen-bond acceptors (Lipinski definition) is 3. The highest BCUT2D eigenvalue weighted by atomic mass is 35.5. The van der Waals surface area contributed by atoms with Crippen molar-refractivity contribution >= 4 is 22.9 Å². The Morgan fingerprint density at radius 1 is 1.47 bits per heavy atom. The van der Waals surface area contributed by atoms with E-state index in [2.05, 4.69) is 4.98 Å². The van der Waals surface area contributed by atoms with Gasteiger partial charge in [-0.1, -0.05) is 12.8 Å². The molecular formula is C11H16ClNOS. The second kappa shape index (κ2) is 5.83. The molecule has 1 aliphatic rings. The molecule has 1 saturated carbocycles. The molecule has 0 atom stereocenters. The number of halogens is 1. The van der Waals surface area contributed by atoms with Crippen molar-refractivity contribution in [3.8, 4) is 0 Å². The predicted octanol–water partition coefficient (Wildman–Crippen LogP) is 3.38. The van der Waals surface area contributed by atoms with Crippen molar-refractivity contribution in [3.05, 3.63) is 16.1 Å². The maximum absolute atomic E-state index is 5.78. The van der Waals surface area contributed by atoms with E-state index in [1.165, 1.54) is 25.7 Å². The number of rotatable bonds is 5. The molecule has 0 spiro atoms. The summed E-state index contributed by atoms with van der Waals surface area (Å²) in [6.07, 6.45) is 6.59. The van der Waals surface area contributed by atoms with Gasteiger partial charge in [-0.15, -0.1) is 22.9 Å². The van der Waals surface area contributed by atoms with Crippen molar-refractivity contribution in [3.63, 3.8) is 0 Å². The first kappa shape index (κ1) is 11.4. The number of hydrogen-bond donors (Lipinski definition) is 0. The molecule has 2 nitrogen and oxygen atoms in total. The monoisotopic (exact) mass is 245 g/mol. The van der Waals surface area contributed by atoms with Gasteiger partial charge in [0.15, 0.2) is 0 Å². The largest absolute Gasteiger partial charge is 0.378 e. The molecular weight excluding hydrogens is 230 g/mol. The summed E-state index contributed by atoms with van der Waals surface area (Å²) >= 11 is 7.37. The first-order valence-corrected chi connectivity index (χ1v) is 6.91. The first-order valence-electron chi connectivity index (χ1n) is 5.49. The third kappa shape index (κ3) is 3.44. The van der Waals surface area contributed by atoms with Gasteiger partial charge in [0, 0.05) is 11.8 Å². The van der Waals surface area contributed by atoms with Gasteiger partial charge in [0.1, 0.15) is 0 Å². The molecule has 1 aliphatic carbocycles. The van der Waals surface area contributed by atoms with Crippen LogP contribution in [-0.2, 0) is 17.0 Å². The van der Waals surface area contributed by atoms with Crippen LogP contribution in [0.15, 0.2) is 5.38 Å². The van der Waals surface area contributed by atoms with Gasteiger partial charge in [0.2, 0.25) is 0 Å². The summed E-state index contributed by atoms with van der Waals surface area (Å²) < 4.78 is 5.78. The second-order valence-electron chi connectivity index (χ2n) is 3.89. The Hall–Kier alpha value is -0.120. The van der Waals surface area contributed by atoms with Crippen LogP contribution in [0.3, 0.4) is 0 Å². The fraction of sp³-hybridized carbons (Fsp3) is 0.727. The van der Waals surface area contributed by atoms with Crippen LogP contribution in [0, 0.1) is 0 Å². The number of ether oxygens (including phenoxy) is 1. The topological polar surface area (TPSA) is 22.1 Å². The zero-order valence-corrected chi connectivity index (χ0v) is 10.3. The Bertz CT molecular complexity index is 297. The van der Waals surface area contributed by atoms with Crippen molar-refractivity contribution < 1.29 is 4.74 Å². The zero-order chi connectivity index (χ0) is 10.5. The lowest BCUT2D eigenvalue weighted by molar-refractivity contribution is 0.0606. The van der Waals surface area contributed by atoms with Crippen LogP contribution in [0.4, 0.5) is 0 Å². The lowest BCUT2D eigenvalue weighted by Crippen LogP contribution is -2.09. The van der Waals surface area contributed by atoms with Crippen molar-refractivity contribution in [2.45, 2.75) is 44.1 Å². The highest BCUT2D eigenvalue weighted by Crippen LogP contribution is 2.21. The molecule has 84 valence electrons. The highest BCUT2D eigenvalue weighted by Gasteiger charge is 2.15. The Kier molecular flexibility index (Phi) is 4.42. The van der Waals surface area contributed by atoms with E-state index in [9.17, 15) is 0 Å². The molecule has 1 fully saturated rings. The van der Waals surface area contributed by atoms with Gasteiger partial charge in [0.25, 0.3) is 0 Å². The minimum absolute atomic E-state index is 0.512. The maximum atomic E-state index is 5.78. The van der Waals surface area contributed by atoms with Crippen LogP contribution in [0.1, 0.15) is 36.4 Å². The molecule has 2 rings (SSSR count). The third-order valence-corrected chi connectivity index (χ3v) is 3.94.